The van der Waals surface area contributed by atoms with Crippen LogP contribution in [0, 0.1) is 0 Å². The third kappa shape index (κ3) is 4.43. The summed E-state index contributed by atoms with van der Waals surface area (Å²) in [5.74, 6) is 0.541. The zero-order valence-electron chi connectivity index (χ0n) is 10.6. The highest BCUT2D eigenvalue weighted by Crippen LogP contribution is 2.27. The van der Waals surface area contributed by atoms with Crippen molar-refractivity contribution in [2.75, 3.05) is 13.7 Å². The number of ether oxygens (including phenoxy) is 1. The van der Waals surface area contributed by atoms with Crippen molar-refractivity contribution in [2.45, 2.75) is 24.0 Å². The van der Waals surface area contributed by atoms with Gasteiger partial charge in [-0.15, -0.1) is 0 Å². The molecule has 0 aromatic heterocycles. The van der Waals surface area contributed by atoms with E-state index in [1.54, 1.807) is 6.07 Å². The molecular formula is C11H17BrN2O4S. The number of hydrogen-bond acceptors (Lipinski definition) is 5. The third-order valence-corrected chi connectivity index (χ3v) is 4.60. The smallest absolute Gasteiger partial charge is 0.240 e. The minimum Gasteiger partial charge on any atom is -0.496 e. The van der Waals surface area contributed by atoms with Crippen molar-refractivity contribution in [3.8, 4) is 5.75 Å². The number of benzene rings is 1. The first-order chi connectivity index (χ1) is 8.77. The van der Waals surface area contributed by atoms with Crippen LogP contribution < -0.4 is 15.2 Å². The van der Waals surface area contributed by atoms with Gasteiger partial charge < -0.3 is 15.6 Å². The van der Waals surface area contributed by atoms with Crippen molar-refractivity contribution in [3.63, 3.8) is 0 Å². The molecule has 0 radical (unpaired) electrons. The highest BCUT2D eigenvalue weighted by Gasteiger charge is 2.18. The zero-order chi connectivity index (χ0) is 14.6. The van der Waals surface area contributed by atoms with Crippen molar-refractivity contribution < 1.29 is 18.3 Å². The Bertz CT molecular complexity index is 533. The van der Waals surface area contributed by atoms with E-state index in [2.05, 4.69) is 20.7 Å². The van der Waals surface area contributed by atoms with Crippen LogP contribution in [0.5, 0.6) is 5.75 Å². The number of rotatable bonds is 6. The van der Waals surface area contributed by atoms with Crippen LogP contribution in [0.2, 0.25) is 0 Å². The Morgan fingerprint density at radius 2 is 2.16 bits per heavy atom. The van der Waals surface area contributed by atoms with Crippen LogP contribution in [0.15, 0.2) is 27.6 Å². The number of methoxy groups -OCH3 is 1. The summed E-state index contributed by atoms with van der Waals surface area (Å²) in [4.78, 5) is 0.0953. The predicted molar refractivity (Wildman–Crippen MR) is 75.5 cm³/mol. The number of nitrogens with two attached hydrogens (primary N) is 1. The molecule has 0 heterocycles. The van der Waals surface area contributed by atoms with E-state index < -0.39 is 22.2 Å². The first kappa shape index (κ1) is 16.4. The number of halogens is 1. The number of aliphatic hydroxyl groups excluding tert-OH is 1. The molecule has 2 atom stereocenters. The molecule has 0 aliphatic rings. The molecule has 8 heteroatoms. The standard InChI is InChI=1S/C11H17BrN2O4S/c1-7(15)10(13)6-14-19(16,17)8-3-4-11(18-2)9(12)5-8/h3-5,7,10,14-15H,6,13H2,1-2H3. The summed E-state index contributed by atoms with van der Waals surface area (Å²) < 4.78 is 31.9. The number of hydrogen-bond donors (Lipinski definition) is 3. The summed E-state index contributed by atoms with van der Waals surface area (Å²) in [6.45, 7) is 1.46. The maximum absolute atomic E-state index is 12.0. The molecule has 1 aromatic rings. The molecule has 0 spiro atoms. The molecule has 19 heavy (non-hydrogen) atoms. The second-order valence-corrected chi connectivity index (χ2v) is 6.67. The lowest BCUT2D eigenvalue weighted by Gasteiger charge is -2.15. The molecule has 0 fully saturated rings. The molecule has 0 saturated carbocycles. The van der Waals surface area contributed by atoms with E-state index in [0.717, 1.165) is 0 Å². The van der Waals surface area contributed by atoms with Gasteiger partial charge in [-0.25, -0.2) is 13.1 Å². The van der Waals surface area contributed by atoms with Gasteiger partial charge >= 0.3 is 0 Å². The van der Waals surface area contributed by atoms with Crippen molar-refractivity contribution in [1.82, 2.24) is 4.72 Å². The van der Waals surface area contributed by atoms with Crippen molar-refractivity contribution in [1.29, 1.82) is 0 Å². The SMILES string of the molecule is COc1ccc(S(=O)(=O)NCC(N)C(C)O)cc1Br. The Balaban J connectivity index is 2.86. The Kier molecular flexibility index (Phi) is 5.75. The van der Waals surface area contributed by atoms with E-state index in [0.29, 0.717) is 10.2 Å². The zero-order valence-corrected chi connectivity index (χ0v) is 13.0. The number of sulfonamides is 1. The molecule has 2 unspecified atom stereocenters. The van der Waals surface area contributed by atoms with Crippen LogP contribution in [-0.2, 0) is 10.0 Å². The molecule has 0 bridgehead atoms. The van der Waals surface area contributed by atoms with Crippen LogP contribution >= 0.6 is 15.9 Å². The molecule has 1 aromatic carbocycles. The predicted octanol–water partition coefficient (Wildman–Crippen LogP) is 0.444. The van der Waals surface area contributed by atoms with Gasteiger partial charge in [0.15, 0.2) is 0 Å². The molecule has 0 amide bonds. The lowest BCUT2D eigenvalue weighted by atomic mass is 10.2. The molecule has 108 valence electrons. The summed E-state index contributed by atoms with van der Waals surface area (Å²) in [6.07, 6.45) is -0.787. The van der Waals surface area contributed by atoms with Crippen LogP contribution in [0.1, 0.15) is 6.92 Å². The Labute approximate surface area is 121 Å². The lowest BCUT2D eigenvalue weighted by Crippen LogP contribution is -2.43. The van der Waals surface area contributed by atoms with Gasteiger partial charge in [-0.3, -0.25) is 0 Å². The van der Waals surface area contributed by atoms with E-state index >= 15 is 0 Å². The second-order valence-electron chi connectivity index (χ2n) is 4.05. The van der Waals surface area contributed by atoms with Gasteiger partial charge in [0.2, 0.25) is 10.0 Å². The minimum absolute atomic E-state index is 0.0380. The van der Waals surface area contributed by atoms with Crippen molar-refractivity contribution in [3.05, 3.63) is 22.7 Å². The summed E-state index contributed by atoms with van der Waals surface area (Å²) in [5.41, 5.74) is 5.57. The van der Waals surface area contributed by atoms with E-state index in [1.807, 2.05) is 0 Å². The van der Waals surface area contributed by atoms with E-state index in [-0.39, 0.29) is 11.4 Å². The van der Waals surface area contributed by atoms with Crippen LogP contribution in [0.4, 0.5) is 0 Å². The van der Waals surface area contributed by atoms with E-state index in [1.165, 1.54) is 26.2 Å². The van der Waals surface area contributed by atoms with Gasteiger partial charge in [0, 0.05) is 12.6 Å². The van der Waals surface area contributed by atoms with Crippen LogP contribution in [0.3, 0.4) is 0 Å². The van der Waals surface area contributed by atoms with Gasteiger partial charge in [-0.1, -0.05) is 0 Å². The number of nitrogens with one attached hydrogen (secondary N) is 1. The first-order valence-electron chi connectivity index (χ1n) is 5.54. The summed E-state index contributed by atoms with van der Waals surface area (Å²) >= 11 is 3.22. The quantitative estimate of drug-likeness (QED) is 0.689. The summed E-state index contributed by atoms with van der Waals surface area (Å²) in [7, 11) is -2.17. The average Bonchev–Trinajstić information content (AvgIpc) is 2.35. The minimum atomic E-state index is -3.66. The fourth-order valence-electron chi connectivity index (χ4n) is 1.27. The van der Waals surface area contributed by atoms with Crippen molar-refractivity contribution in [2.24, 2.45) is 5.73 Å². The monoisotopic (exact) mass is 352 g/mol. The average molecular weight is 353 g/mol. The normalized spacial score (nSPS) is 15.0. The van der Waals surface area contributed by atoms with Gasteiger partial charge in [-0.2, -0.15) is 0 Å². The van der Waals surface area contributed by atoms with Gasteiger partial charge in [0.1, 0.15) is 5.75 Å². The molecule has 4 N–H and O–H groups in total. The highest BCUT2D eigenvalue weighted by atomic mass is 79.9. The van der Waals surface area contributed by atoms with Gasteiger partial charge in [0.05, 0.1) is 22.6 Å². The summed E-state index contributed by atoms with van der Waals surface area (Å²) in [6, 6.07) is 3.76. The fourth-order valence-corrected chi connectivity index (χ4v) is 3.07. The molecule has 0 saturated heterocycles. The topological polar surface area (TPSA) is 102 Å². The maximum atomic E-state index is 12.0. The molecule has 0 aliphatic carbocycles. The van der Waals surface area contributed by atoms with Crippen LogP contribution in [-0.4, -0.2) is 39.3 Å². The fraction of sp³-hybridized carbons (Fsp3) is 0.455. The largest absolute Gasteiger partial charge is 0.496 e. The molecular weight excluding hydrogens is 336 g/mol. The van der Waals surface area contributed by atoms with Gasteiger partial charge in [-0.05, 0) is 41.1 Å². The lowest BCUT2D eigenvalue weighted by molar-refractivity contribution is 0.164. The highest BCUT2D eigenvalue weighted by molar-refractivity contribution is 9.10. The molecule has 1 rings (SSSR count). The summed E-state index contributed by atoms with van der Waals surface area (Å²) in [5, 5.41) is 9.22. The Hall–Kier alpha value is -0.670. The molecule has 0 aliphatic heterocycles. The maximum Gasteiger partial charge on any atom is 0.240 e. The van der Waals surface area contributed by atoms with Gasteiger partial charge in [0.25, 0.3) is 0 Å². The van der Waals surface area contributed by atoms with Crippen LogP contribution in [0.25, 0.3) is 0 Å². The molecule has 6 nitrogen and oxygen atoms in total. The van der Waals surface area contributed by atoms with Crippen molar-refractivity contribution >= 4 is 26.0 Å². The Morgan fingerprint density at radius 1 is 1.53 bits per heavy atom. The van der Waals surface area contributed by atoms with E-state index in [4.69, 9.17) is 10.5 Å². The first-order valence-corrected chi connectivity index (χ1v) is 7.82. The second kappa shape index (κ2) is 6.67. The Morgan fingerprint density at radius 3 is 2.63 bits per heavy atom. The number of aliphatic hydroxyl groups is 1. The third-order valence-electron chi connectivity index (χ3n) is 2.56. The van der Waals surface area contributed by atoms with E-state index in [9.17, 15) is 13.5 Å².